The maximum atomic E-state index is 14.0. The van der Waals surface area contributed by atoms with E-state index in [1.165, 1.54) is 45.7 Å². The predicted octanol–water partition coefficient (Wildman–Crippen LogP) is 6.91. The van der Waals surface area contributed by atoms with Gasteiger partial charge in [0.15, 0.2) is 0 Å². The van der Waals surface area contributed by atoms with Gasteiger partial charge >= 0.3 is 0 Å². The summed E-state index contributed by atoms with van der Waals surface area (Å²) >= 11 is 0. The summed E-state index contributed by atoms with van der Waals surface area (Å²) in [7, 11) is 4.33. The number of hydrogen-bond acceptors (Lipinski definition) is 5. The van der Waals surface area contributed by atoms with Crippen LogP contribution in [0.15, 0.2) is 78.6 Å². The largest absolute Gasteiger partial charge is 0.378 e. The molecule has 2 fully saturated rings. The van der Waals surface area contributed by atoms with E-state index in [0.29, 0.717) is 0 Å². The second kappa shape index (κ2) is 13.4. The van der Waals surface area contributed by atoms with Gasteiger partial charge in [0.25, 0.3) is 0 Å². The molecule has 4 aromatic rings. The highest BCUT2D eigenvalue weighted by Crippen LogP contribution is 2.46. The van der Waals surface area contributed by atoms with Crippen LogP contribution in [0.2, 0.25) is 0 Å². The molecule has 2 aliphatic heterocycles. The molecule has 2 saturated heterocycles. The van der Waals surface area contributed by atoms with Crippen molar-refractivity contribution in [3.8, 4) is 0 Å². The Kier molecular flexibility index (Phi) is 9.10. The van der Waals surface area contributed by atoms with E-state index < -0.39 is 5.60 Å². The van der Waals surface area contributed by atoms with Crippen LogP contribution in [-0.2, 0) is 31.3 Å². The van der Waals surface area contributed by atoms with E-state index in [9.17, 15) is 9.50 Å². The molecular formula is C41H47FN4O. The average Bonchev–Trinajstić information content (AvgIpc) is 3.32. The number of piperidine rings is 2. The van der Waals surface area contributed by atoms with Gasteiger partial charge in [0, 0.05) is 37.0 Å². The third-order valence-electron chi connectivity index (χ3n) is 11.0. The summed E-state index contributed by atoms with van der Waals surface area (Å²) in [5, 5.41) is 11.9. The lowest BCUT2D eigenvalue weighted by atomic mass is 9.72. The van der Waals surface area contributed by atoms with Crippen LogP contribution in [0, 0.1) is 18.7 Å². The zero-order chi connectivity index (χ0) is 32.5. The van der Waals surface area contributed by atoms with Crippen LogP contribution in [0.3, 0.4) is 0 Å². The quantitative estimate of drug-likeness (QED) is 0.248. The lowest BCUT2D eigenvalue weighted by molar-refractivity contribution is -0.0150. The van der Waals surface area contributed by atoms with E-state index in [0.717, 1.165) is 99.9 Å². The number of aliphatic hydroxyl groups is 1. The summed E-state index contributed by atoms with van der Waals surface area (Å²) < 4.78 is 14.0. The van der Waals surface area contributed by atoms with Crippen molar-refractivity contribution >= 4 is 5.57 Å². The second-order valence-corrected chi connectivity index (χ2v) is 14.1. The van der Waals surface area contributed by atoms with Crippen molar-refractivity contribution in [1.82, 2.24) is 19.8 Å². The van der Waals surface area contributed by atoms with Gasteiger partial charge in [-0.3, -0.25) is 9.97 Å². The van der Waals surface area contributed by atoms with Gasteiger partial charge in [-0.25, -0.2) is 4.39 Å². The molecular weight excluding hydrogens is 583 g/mol. The molecule has 0 bridgehead atoms. The molecule has 8 rings (SSSR count). The van der Waals surface area contributed by atoms with Gasteiger partial charge in [-0.1, -0.05) is 47.5 Å². The third kappa shape index (κ3) is 6.31. The highest BCUT2D eigenvalue weighted by atomic mass is 19.1. The molecule has 244 valence electrons. The summed E-state index contributed by atoms with van der Waals surface area (Å²) in [6.07, 6.45) is 11.6. The topological polar surface area (TPSA) is 52.5 Å². The third-order valence-corrected chi connectivity index (χ3v) is 11.0. The highest BCUT2D eigenvalue weighted by Gasteiger charge is 2.46. The number of nitrogens with zero attached hydrogens (tertiary/aromatic N) is 4. The van der Waals surface area contributed by atoms with Gasteiger partial charge in [-0.05, 0) is 143 Å². The summed E-state index contributed by atoms with van der Waals surface area (Å²) in [5.41, 5.74) is 12.3. The maximum Gasteiger partial charge on any atom is 0.135 e. The Balaban J connectivity index is 0.000000150. The van der Waals surface area contributed by atoms with Gasteiger partial charge in [-0.2, -0.15) is 0 Å². The molecule has 1 unspecified atom stereocenters. The van der Waals surface area contributed by atoms with Crippen LogP contribution in [0.1, 0.15) is 76.0 Å². The molecule has 2 aromatic heterocycles. The normalized spacial score (nSPS) is 21.7. The first-order chi connectivity index (χ1) is 22.8. The number of halogens is 1. The minimum atomic E-state index is -1.20. The molecule has 1 N–H and O–H groups in total. The molecule has 0 spiro atoms. The molecule has 0 amide bonds. The molecule has 4 heterocycles. The van der Waals surface area contributed by atoms with E-state index in [4.69, 9.17) is 4.98 Å². The lowest BCUT2D eigenvalue weighted by Gasteiger charge is -2.41. The minimum absolute atomic E-state index is 0.0565. The van der Waals surface area contributed by atoms with Crippen molar-refractivity contribution in [2.24, 2.45) is 5.92 Å². The molecule has 1 atom stereocenters. The fourth-order valence-corrected chi connectivity index (χ4v) is 8.24. The van der Waals surface area contributed by atoms with Gasteiger partial charge < -0.3 is 14.9 Å². The number of benzene rings is 2. The van der Waals surface area contributed by atoms with Gasteiger partial charge in [0.2, 0.25) is 0 Å². The Hall–Kier alpha value is -3.71. The van der Waals surface area contributed by atoms with E-state index in [-0.39, 0.29) is 11.7 Å². The first kappa shape index (κ1) is 31.9. The van der Waals surface area contributed by atoms with Crippen LogP contribution in [-0.4, -0.2) is 65.1 Å². The van der Waals surface area contributed by atoms with Crippen LogP contribution in [0.4, 0.5) is 4.39 Å². The van der Waals surface area contributed by atoms with Gasteiger partial charge in [0.1, 0.15) is 11.4 Å². The fourth-order valence-electron chi connectivity index (χ4n) is 8.24. The Morgan fingerprint density at radius 2 is 1.36 bits per heavy atom. The number of pyridine rings is 2. The standard InChI is InChI=1S/C21H24N2.C20H23FN2O/c1-15-5-6-16-7-8-18-4-3-11-22-21(18)20(19(16)14-15)17-9-12-23(2)13-10-17;1-23-11-8-16(9-12-23)20(24)18-13-17(21)7-6-14(18)4-5-15-3-2-10-22-19(15)20/h3-6,11,14H,7-10,12-13H2,1-2H3;2-3,6-7,10,13,16,24H,4-5,8-9,11-12H2,1H3. The zero-order valence-corrected chi connectivity index (χ0v) is 28.1. The first-order valence-electron chi connectivity index (χ1n) is 17.4. The van der Waals surface area contributed by atoms with Crippen LogP contribution in [0.25, 0.3) is 5.57 Å². The van der Waals surface area contributed by atoms with Crippen molar-refractivity contribution in [1.29, 1.82) is 0 Å². The number of rotatable bonds is 1. The minimum Gasteiger partial charge on any atom is -0.378 e. The van der Waals surface area contributed by atoms with Crippen molar-refractivity contribution in [2.45, 2.75) is 63.9 Å². The molecule has 4 aliphatic rings. The van der Waals surface area contributed by atoms with Crippen molar-refractivity contribution in [2.75, 3.05) is 40.3 Å². The smallest absolute Gasteiger partial charge is 0.135 e. The molecule has 2 aromatic carbocycles. The Bertz CT molecular complexity index is 1780. The summed E-state index contributed by atoms with van der Waals surface area (Å²) in [4.78, 5) is 14.1. The first-order valence-corrected chi connectivity index (χ1v) is 17.4. The van der Waals surface area contributed by atoms with Gasteiger partial charge in [-0.15, -0.1) is 0 Å². The van der Waals surface area contributed by atoms with Crippen LogP contribution >= 0.6 is 0 Å². The Morgan fingerprint density at radius 1 is 0.723 bits per heavy atom. The lowest BCUT2D eigenvalue weighted by Crippen LogP contribution is -2.44. The monoisotopic (exact) mass is 630 g/mol. The molecule has 2 aliphatic carbocycles. The number of aryl methyl sites for hydroxylation is 5. The summed E-state index contributed by atoms with van der Waals surface area (Å²) in [6.45, 7) is 6.39. The number of aromatic nitrogens is 2. The number of likely N-dealkylation sites (tertiary alicyclic amines) is 2. The highest BCUT2D eigenvalue weighted by molar-refractivity contribution is 5.84. The SMILES string of the molecule is CN1CCC(C2(O)c3cc(F)ccc3CCc3cccnc32)CC1.Cc1ccc2c(c1)C(=C1CCN(C)CC1)c1ncccc1CC2. The average molecular weight is 631 g/mol. The maximum absolute atomic E-state index is 14.0. The molecule has 0 saturated carbocycles. The Labute approximate surface area is 279 Å². The molecule has 47 heavy (non-hydrogen) atoms. The zero-order valence-electron chi connectivity index (χ0n) is 28.1. The van der Waals surface area contributed by atoms with E-state index in [1.54, 1.807) is 11.8 Å². The Morgan fingerprint density at radius 3 is 2.15 bits per heavy atom. The van der Waals surface area contributed by atoms with E-state index in [1.807, 2.05) is 24.4 Å². The predicted molar refractivity (Wildman–Crippen MR) is 187 cm³/mol. The molecule has 5 nitrogen and oxygen atoms in total. The molecule has 0 radical (unpaired) electrons. The molecule has 6 heteroatoms. The van der Waals surface area contributed by atoms with Crippen molar-refractivity contribution < 1.29 is 9.50 Å². The number of hydrogen-bond donors (Lipinski definition) is 1. The van der Waals surface area contributed by atoms with Crippen LogP contribution in [0.5, 0.6) is 0 Å². The second-order valence-electron chi connectivity index (χ2n) is 14.1. The summed E-state index contributed by atoms with van der Waals surface area (Å²) in [6, 6.07) is 20.1. The van der Waals surface area contributed by atoms with Crippen molar-refractivity contribution in [3.63, 3.8) is 0 Å². The fraction of sp³-hybridized carbons (Fsp3) is 0.415. The number of fused-ring (bicyclic) bond motifs is 4. The van der Waals surface area contributed by atoms with E-state index >= 15 is 0 Å². The summed E-state index contributed by atoms with van der Waals surface area (Å²) in [5.74, 6) is -0.236. The van der Waals surface area contributed by atoms with Crippen molar-refractivity contribution in [3.05, 3.63) is 135 Å². The van der Waals surface area contributed by atoms with E-state index in [2.05, 4.69) is 66.1 Å². The van der Waals surface area contributed by atoms with Gasteiger partial charge in [0.05, 0.1) is 11.4 Å². The van der Waals surface area contributed by atoms with Crippen LogP contribution < -0.4 is 0 Å².